The molecule has 3 aromatic rings. The van der Waals surface area contributed by atoms with Crippen LogP contribution in [0.4, 0.5) is 5.13 Å². The van der Waals surface area contributed by atoms with Crippen molar-refractivity contribution in [3.8, 4) is 0 Å². The summed E-state index contributed by atoms with van der Waals surface area (Å²) in [6, 6.07) is 10.2. The predicted molar refractivity (Wildman–Crippen MR) is 115 cm³/mol. The first-order valence-electron chi connectivity index (χ1n) is 9.85. The highest BCUT2D eigenvalue weighted by molar-refractivity contribution is 7.79. The van der Waals surface area contributed by atoms with Crippen LogP contribution in [0, 0.1) is 5.92 Å². The summed E-state index contributed by atoms with van der Waals surface area (Å²) >= 11 is -1.00. The van der Waals surface area contributed by atoms with Gasteiger partial charge in [-0.25, -0.2) is 9.97 Å². The van der Waals surface area contributed by atoms with E-state index in [2.05, 4.69) is 9.97 Å². The van der Waals surface area contributed by atoms with Crippen molar-refractivity contribution in [2.45, 2.75) is 42.9 Å². The number of aromatic nitrogens is 2. The largest absolute Gasteiger partial charge is 0.768 e. The Bertz CT molecular complexity index is 1010. The Morgan fingerprint density at radius 2 is 2.03 bits per heavy atom. The monoisotopic (exact) mass is 444 g/mol. The first-order chi connectivity index (χ1) is 14.6. The van der Waals surface area contributed by atoms with Gasteiger partial charge in [-0.3, -0.25) is 13.8 Å². The zero-order valence-electron chi connectivity index (χ0n) is 16.5. The second-order valence-corrected chi connectivity index (χ2v) is 9.28. The maximum atomic E-state index is 13.6. The molecule has 2 unspecified atom stereocenters. The van der Waals surface area contributed by atoms with Crippen LogP contribution in [0.25, 0.3) is 10.3 Å². The van der Waals surface area contributed by atoms with E-state index in [1.807, 2.05) is 6.07 Å². The molecular formula is C21H22N3O4S2-. The number of carbonyl (C=O) groups is 1. The number of amides is 1. The number of anilines is 1. The molecule has 0 aliphatic heterocycles. The molecule has 158 valence electrons. The van der Waals surface area contributed by atoms with Crippen molar-refractivity contribution < 1.29 is 18.4 Å². The lowest BCUT2D eigenvalue weighted by molar-refractivity contribution is -0.126. The molecule has 7 nitrogen and oxygen atoms in total. The topological polar surface area (TPSA) is 95.5 Å². The number of benzene rings is 1. The minimum Gasteiger partial charge on any atom is -0.768 e. The highest BCUT2D eigenvalue weighted by Gasteiger charge is 2.32. The predicted octanol–water partition coefficient (Wildman–Crippen LogP) is 4.19. The number of thiazole rings is 1. The van der Waals surface area contributed by atoms with Crippen molar-refractivity contribution in [2.75, 3.05) is 12.2 Å². The van der Waals surface area contributed by atoms with Crippen LogP contribution in [0.1, 0.15) is 43.6 Å². The number of nitrogens with zero attached hydrogens (tertiary/aromatic N) is 3. The lowest BCUT2D eigenvalue weighted by Gasteiger charge is -2.25. The Balaban J connectivity index is 1.66. The fourth-order valence-corrected chi connectivity index (χ4v) is 5.27. The van der Waals surface area contributed by atoms with E-state index in [-0.39, 0.29) is 10.8 Å². The number of hydroxylamine groups is 1. The molecule has 0 saturated heterocycles. The van der Waals surface area contributed by atoms with E-state index < -0.39 is 17.0 Å². The van der Waals surface area contributed by atoms with Crippen LogP contribution in [-0.4, -0.2) is 31.7 Å². The summed E-state index contributed by atoms with van der Waals surface area (Å²) in [6.07, 6.45) is 6.94. The molecule has 2 atom stereocenters. The summed E-state index contributed by atoms with van der Waals surface area (Å²) in [5.41, 5.74) is 1.49. The lowest BCUT2D eigenvalue weighted by atomic mass is 9.87. The van der Waals surface area contributed by atoms with Crippen LogP contribution in [0.2, 0.25) is 0 Å². The molecule has 1 amide bonds. The average Bonchev–Trinajstić information content (AvgIpc) is 3.42. The van der Waals surface area contributed by atoms with Crippen molar-refractivity contribution in [2.24, 2.45) is 5.92 Å². The zero-order chi connectivity index (χ0) is 21.1. The van der Waals surface area contributed by atoms with Crippen molar-refractivity contribution in [1.82, 2.24) is 9.97 Å². The van der Waals surface area contributed by atoms with Crippen LogP contribution < -0.4 is 5.06 Å². The molecule has 30 heavy (non-hydrogen) atoms. The second-order valence-electron chi connectivity index (χ2n) is 7.38. The summed E-state index contributed by atoms with van der Waals surface area (Å²) in [4.78, 5) is 28.8. The van der Waals surface area contributed by atoms with Gasteiger partial charge in [0.05, 0.1) is 13.0 Å². The first-order valence-corrected chi connectivity index (χ1v) is 11.7. The molecule has 2 aromatic heterocycles. The molecule has 1 saturated carbocycles. The third kappa shape index (κ3) is 4.44. The van der Waals surface area contributed by atoms with E-state index >= 15 is 0 Å². The third-order valence-corrected chi connectivity index (χ3v) is 7.13. The van der Waals surface area contributed by atoms with Gasteiger partial charge < -0.3 is 4.55 Å². The molecule has 4 rings (SSSR count). The number of pyridine rings is 1. The van der Waals surface area contributed by atoms with Crippen molar-refractivity contribution in [1.29, 1.82) is 0 Å². The van der Waals surface area contributed by atoms with Crippen LogP contribution in [-0.2, 0) is 20.7 Å². The molecule has 2 heterocycles. The Hall–Kier alpha value is -2.20. The molecule has 1 aromatic carbocycles. The molecule has 9 heteroatoms. The summed E-state index contributed by atoms with van der Waals surface area (Å²) in [7, 11) is 1.45. The van der Waals surface area contributed by atoms with E-state index in [1.165, 1.54) is 48.5 Å². The number of carbonyl (C=O) groups excluding carboxylic acids is 1. The minimum atomic E-state index is -2.30. The molecular weight excluding hydrogens is 422 g/mol. The Morgan fingerprint density at radius 1 is 1.30 bits per heavy atom. The van der Waals surface area contributed by atoms with Gasteiger partial charge in [-0.15, -0.1) is 0 Å². The Labute approximate surface area is 181 Å². The van der Waals surface area contributed by atoms with Crippen LogP contribution in [0.3, 0.4) is 0 Å². The van der Waals surface area contributed by atoms with E-state index in [0.29, 0.717) is 23.0 Å². The average molecular weight is 445 g/mol. The van der Waals surface area contributed by atoms with Crippen LogP contribution in [0.5, 0.6) is 0 Å². The van der Waals surface area contributed by atoms with Crippen LogP contribution >= 0.6 is 11.3 Å². The number of hydrogen-bond acceptors (Lipinski definition) is 7. The maximum absolute atomic E-state index is 13.6. The van der Waals surface area contributed by atoms with Gasteiger partial charge in [0.1, 0.15) is 10.3 Å². The summed E-state index contributed by atoms with van der Waals surface area (Å²) in [5.74, 6) is -0.190. The quantitative estimate of drug-likeness (QED) is 0.401. The fourth-order valence-electron chi connectivity index (χ4n) is 4.02. The van der Waals surface area contributed by atoms with Gasteiger partial charge in [0.25, 0.3) is 5.91 Å². The SMILES string of the molecule is CON(C(=O)C(CC1CCCC1)c1ccc(S(=O)[O-])cc1)c1nc2cccnc2s1. The summed E-state index contributed by atoms with van der Waals surface area (Å²) in [5, 5.41) is 1.68. The van der Waals surface area contributed by atoms with E-state index in [0.717, 1.165) is 23.2 Å². The van der Waals surface area contributed by atoms with Gasteiger partial charge in [-0.1, -0.05) is 49.2 Å². The highest BCUT2D eigenvalue weighted by Crippen LogP contribution is 2.37. The maximum Gasteiger partial charge on any atom is 0.260 e. The fraction of sp³-hybridized carbons (Fsp3) is 0.381. The van der Waals surface area contributed by atoms with Gasteiger partial charge in [0.2, 0.25) is 5.13 Å². The number of fused-ring (bicyclic) bond motifs is 1. The van der Waals surface area contributed by atoms with Gasteiger partial charge in [-0.2, -0.15) is 5.06 Å². The molecule has 0 radical (unpaired) electrons. The Morgan fingerprint density at radius 3 is 2.67 bits per heavy atom. The van der Waals surface area contributed by atoms with Gasteiger partial charge in [-0.05, 0) is 53.2 Å². The van der Waals surface area contributed by atoms with Crippen molar-refractivity contribution >= 4 is 43.8 Å². The third-order valence-electron chi connectivity index (χ3n) is 5.53. The second kappa shape index (κ2) is 9.30. The van der Waals surface area contributed by atoms with E-state index in [4.69, 9.17) is 4.84 Å². The normalized spacial score (nSPS) is 16.6. The zero-order valence-corrected chi connectivity index (χ0v) is 18.2. The number of hydrogen-bond donors (Lipinski definition) is 0. The minimum absolute atomic E-state index is 0.201. The van der Waals surface area contributed by atoms with Crippen LogP contribution in [0.15, 0.2) is 47.5 Å². The smallest absolute Gasteiger partial charge is 0.260 e. The lowest BCUT2D eigenvalue weighted by Crippen LogP contribution is -2.35. The molecule has 0 spiro atoms. The van der Waals surface area contributed by atoms with Gasteiger partial charge in [0, 0.05) is 11.1 Å². The molecule has 0 N–H and O–H groups in total. The van der Waals surface area contributed by atoms with E-state index in [1.54, 1.807) is 24.4 Å². The molecule has 1 aliphatic rings. The summed E-state index contributed by atoms with van der Waals surface area (Å²) < 4.78 is 22.4. The Kier molecular flexibility index (Phi) is 6.52. The molecule has 0 bridgehead atoms. The van der Waals surface area contributed by atoms with Gasteiger partial charge >= 0.3 is 0 Å². The number of rotatable bonds is 7. The van der Waals surface area contributed by atoms with Crippen molar-refractivity contribution in [3.05, 3.63) is 48.2 Å². The van der Waals surface area contributed by atoms with Gasteiger partial charge in [0.15, 0.2) is 0 Å². The standard InChI is InChI=1S/C21H23N3O4S2/c1-28-24(21-23-18-7-4-12-22-19(18)29-21)20(25)17(13-14-5-2-3-6-14)15-8-10-16(11-9-15)30(26)27/h4,7-12,14,17H,2-3,5-6,13H2,1H3,(H,26,27)/p-1. The molecule has 1 aliphatic carbocycles. The van der Waals surface area contributed by atoms with E-state index in [9.17, 15) is 13.6 Å². The molecule has 1 fully saturated rings. The first kappa shape index (κ1) is 21.0. The van der Waals surface area contributed by atoms with Crippen molar-refractivity contribution in [3.63, 3.8) is 0 Å². The summed E-state index contributed by atoms with van der Waals surface area (Å²) in [6.45, 7) is 0. The highest BCUT2D eigenvalue weighted by atomic mass is 32.2.